The molecule has 1 aliphatic rings. The van der Waals surface area contributed by atoms with Crippen LogP contribution in [0.3, 0.4) is 0 Å². The number of rotatable bonds is 0. The molecule has 0 N–H and O–H groups in total. The van der Waals surface area contributed by atoms with Gasteiger partial charge in [-0.3, -0.25) is 0 Å². The third-order valence-electron chi connectivity index (χ3n) is 0.980. The van der Waals surface area contributed by atoms with Gasteiger partial charge in [0, 0.05) is 0 Å². The maximum Gasteiger partial charge on any atom is 0.515 e. The van der Waals surface area contributed by atoms with Gasteiger partial charge < -0.3 is 9.47 Å². The van der Waals surface area contributed by atoms with Gasteiger partial charge in [-0.1, -0.05) is 18.2 Å². The Morgan fingerprint density at radius 3 is 2.44 bits per heavy atom. The van der Waals surface area contributed by atoms with E-state index in [9.17, 15) is 4.79 Å². The smallest absolute Gasteiger partial charge is 0.404 e. The van der Waals surface area contributed by atoms with Gasteiger partial charge >= 0.3 is 6.16 Å². The fourth-order valence-corrected chi connectivity index (χ4v) is 0.528. The Morgan fingerprint density at radius 1 is 1.78 bits per heavy atom. The number of hydrogen-bond donors (Lipinski definition) is 0. The van der Waals surface area contributed by atoms with Crippen LogP contribution in [0.25, 0.3) is 0 Å². The highest BCUT2D eigenvalue weighted by Gasteiger charge is 2.40. The maximum atomic E-state index is 10.3. The average molecular weight is 149 g/mol. The van der Waals surface area contributed by atoms with Crippen LogP contribution in [0.4, 0.5) is 4.79 Å². The number of halogens is 1. The fourth-order valence-electron chi connectivity index (χ4n) is 0.426. The fraction of sp³-hybridized carbons (Fsp3) is 0.400. The summed E-state index contributed by atoms with van der Waals surface area (Å²) in [6, 6.07) is 0. The lowest BCUT2D eigenvalue weighted by molar-refractivity contribution is 0.112. The van der Waals surface area contributed by atoms with Crippen LogP contribution in [-0.4, -0.2) is 11.2 Å². The second-order valence-corrected chi connectivity index (χ2v) is 2.52. The Bertz CT molecular complexity index is 173. The Morgan fingerprint density at radius 2 is 2.33 bits per heavy atom. The molecule has 1 saturated heterocycles. The predicted octanol–water partition coefficient (Wildman–Crippen LogP) is 1.62. The van der Waals surface area contributed by atoms with Crippen LogP contribution in [0.1, 0.15) is 6.92 Å². The Hall–Kier alpha value is -0.700. The van der Waals surface area contributed by atoms with Crippen molar-refractivity contribution in [3.63, 3.8) is 0 Å². The van der Waals surface area contributed by atoms with Crippen LogP contribution >= 0.6 is 11.6 Å². The first kappa shape index (κ1) is 6.42. The van der Waals surface area contributed by atoms with E-state index in [1.165, 1.54) is 6.92 Å². The Labute approximate surface area is 57.2 Å². The predicted molar refractivity (Wildman–Crippen MR) is 31.0 cm³/mol. The summed E-state index contributed by atoms with van der Waals surface area (Å²) in [5, 5.41) is -1.17. The third-order valence-corrected chi connectivity index (χ3v) is 1.27. The van der Waals surface area contributed by atoms with E-state index in [4.69, 9.17) is 11.6 Å². The van der Waals surface area contributed by atoms with E-state index in [1.807, 2.05) is 0 Å². The average Bonchev–Trinajstić information content (AvgIpc) is 1.79. The van der Waals surface area contributed by atoms with Gasteiger partial charge in [0.1, 0.15) is 0 Å². The van der Waals surface area contributed by atoms with Gasteiger partial charge in [-0.2, -0.15) is 0 Å². The number of ether oxygens (including phenoxy) is 2. The van der Waals surface area contributed by atoms with Crippen LogP contribution in [0, 0.1) is 0 Å². The van der Waals surface area contributed by atoms with Crippen molar-refractivity contribution in [3.8, 4) is 0 Å². The Kier molecular flexibility index (Phi) is 1.17. The van der Waals surface area contributed by atoms with E-state index in [0.29, 0.717) is 0 Å². The molecule has 0 amide bonds. The largest absolute Gasteiger partial charge is 0.515 e. The molecule has 0 radical (unpaired) electrons. The number of carbonyl (C=O) groups excluding carboxylic acids is 1. The summed E-state index contributed by atoms with van der Waals surface area (Å²) in [4.78, 5) is 10.3. The van der Waals surface area contributed by atoms with Gasteiger partial charge in [0.2, 0.25) is 5.06 Å². The molecule has 1 atom stereocenters. The zero-order valence-electron chi connectivity index (χ0n) is 4.81. The third kappa shape index (κ3) is 1.00. The van der Waals surface area contributed by atoms with E-state index in [2.05, 4.69) is 16.1 Å². The molecule has 0 saturated carbocycles. The van der Waals surface area contributed by atoms with E-state index in [0.717, 1.165) is 0 Å². The van der Waals surface area contributed by atoms with Crippen LogP contribution in [0.2, 0.25) is 0 Å². The number of carbonyl (C=O) groups is 1. The molecule has 50 valence electrons. The molecule has 1 heterocycles. The van der Waals surface area contributed by atoms with Crippen molar-refractivity contribution in [3.05, 3.63) is 12.3 Å². The van der Waals surface area contributed by atoms with Crippen LogP contribution < -0.4 is 0 Å². The van der Waals surface area contributed by atoms with E-state index >= 15 is 0 Å². The van der Waals surface area contributed by atoms with Crippen molar-refractivity contribution in [2.75, 3.05) is 0 Å². The number of cyclic esters (lactones) is 2. The normalized spacial score (nSPS) is 34.0. The summed E-state index contributed by atoms with van der Waals surface area (Å²) in [5.74, 6) is 0.133. The highest BCUT2D eigenvalue weighted by atomic mass is 35.5. The molecule has 1 fully saturated rings. The molecule has 0 aromatic rings. The van der Waals surface area contributed by atoms with Crippen molar-refractivity contribution in [2.45, 2.75) is 12.0 Å². The number of alkyl halides is 1. The highest BCUT2D eigenvalue weighted by Crippen LogP contribution is 2.32. The molecule has 4 heteroatoms. The molecule has 0 spiro atoms. The van der Waals surface area contributed by atoms with Gasteiger partial charge in [0.15, 0.2) is 5.76 Å². The standard InChI is InChI=1S/C5H5ClO3/c1-3-5(2,6)9-4(7)8-3/h1H2,2H3. The lowest BCUT2D eigenvalue weighted by atomic mass is 10.3. The number of hydrogen-bond acceptors (Lipinski definition) is 3. The van der Waals surface area contributed by atoms with Crippen molar-refractivity contribution >= 4 is 17.8 Å². The molecule has 0 aromatic carbocycles. The SMILES string of the molecule is C=C1OC(=O)OC1(C)Cl. The molecule has 1 rings (SSSR count). The van der Waals surface area contributed by atoms with Gasteiger partial charge in [0.05, 0.1) is 0 Å². The minimum absolute atomic E-state index is 0.133. The van der Waals surface area contributed by atoms with E-state index in [1.54, 1.807) is 0 Å². The second kappa shape index (κ2) is 1.64. The lowest BCUT2D eigenvalue weighted by Gasteiger charge is -2.08. The zero-order valence-corrected chi connectivity index (χ0v) is 5.57. The summed E-state index contributed by atoms with van der Waals surface area (Å²) >= 11 is 5.55. The minimum atomic E-state index is -1.17. The summed E-state index contributed by atoms with van der Waals surface area (Å²) in [6.45, 7) is 4.85. The van der Waals surface area contributed by atoms with Crippen molar-refractivity contribution in [2.24, 2.45) is 0 Å². The summed E-state index contributed by atoms with van der Waals surface area (Å²) in [5.41, 5.74) is 0. The first-order valence-corrected chi connectivity index (χ1v) is 2.69. The highest BCUT2D eigenvalue weighted by molar-refractivity contribution is 6.25. The van der Waals surface area contributed by atoms with Gasteiger partial charge in [-0.15, -0.1) is 0 Å². The lowest BCUT2D eigenvalue weighted by Crippen LogP contribution is -2.15. The van der Waals surface area contributed by atoms with Crippen LogP contribution in [0.5, 0.6) is 0 Å². The quantitative estimate of drug-likeness (QED) is 0.387. The maximum absolute atomic E-state index is 10.3. The molecule has 3 nitrogen and oxygen atoms in total. The molecule has 9 heavy (non-hydrogen) atoms. The second-order valence-electron chi connectivity index (χ2n) is 1.79. The molecule has 0 aliphatic carbocycles. The summed E-state index contributed by atoms with van der Waals surface area (Å²) in [7, 11) is 0. The van der Waals surface area contributed by atoms with Crippen LogP contribution in [0.15, 0.2) is 12.3 Å². The Balaban J connectivity index is 2.81. The molecule has 1 unspecified atom stereocenters. The van der Waals surface area contributed by atoms with Gasteiger partial charge in [-0.05, 0) is 6.92 Å². The van der Waals surface area contributed by atoms with Crippen molar-refractivity contribution in [1.29, 1.82) is 0 Å². The summed E-state index contributed by atoms with van der Waals surface area (Å²) in [6.07, 6.45) is -0.794. The zero-order chi connectivity index (χ0) is 7.07. The minimum Gasteiger partial charge on any atom is -0.404 e. The van der Waals surface area contributed by atoms with Crippen molar-refractivity contribution in [1.82, 2.24) is 0 Å². The monoisotopic (exact) mass is 148 g/mol. The topological polar surface area (TPSA) is 35.5 Å². The van der Waals surface area contributed by atoms with E-state index < -0.39 is 11.2 Å². The van der Waals surface area contributed by atoms with Gasteiger partial charge in [0.25, 0.3) is 0 Å². The van der Waals surface area contributed by atoms with E-state index in [-0.39, 0.29) is 5.76 Å². The molecular weight excluding hydrogens is 144 g/mol. The first-order valence-electron chi connectivity index (χ1n) is 2.31. The molecular formula is C5H5ClO3. The molecule has 0 bridgehead atoms. The van der Waals surface area contributed by atoms with Gasteiger partial charge in [-0.25, -0.2) is 4.79 Å². The first-order chi connectivity index (χ1) is 4.02. The van der Waals surface area contributed by atoms with Crippen molar-refractivity contribution < 1.29 is 14.3 Å². The van der Waals surface area contributed by atoms with Crippen LogP contribution in [-0.2, 0) is 9.47 Å². The molecule has 0 aromatic heterocycles. The summed E-state index contributed by atoms with van der Waals surface area (Å²) < 4.78 is 8.85. The molecule has 1 aliphatic heterocycles.